The fourth-order valence-electron chi connectivity index (χ4n) is 4.67. The number of hydrogen-bond donors (Lipinski definition) is 2. The first-order valence-electron chi connectivity index (χ1n) is 12.3. The molecule has 2 aliphatic rings. The molecule has 2 fully saturated rings. The first-order valence-corrected chi connectivity index (χ1v) is 14.8. The number of halogens is 1. The number of rotatable bonds is 6. The van der Waals surface area contributed by atoms with Gasteiger partial charge in [0, 0.05) is 27.3 Å². The Morgan fingerprint density at radius 1 is 1.05 bits per heavy atom. The number of ether oxygens (including phenoxy) is 3. The molecule has 4 aromatic rings. The van der Waals surface area contributed by atoms with Crippen molar-refractivity contribution in [2.45, 2.75) is 31.3 Å². The standard InChI is InChI=1S/C27H27ClN4O5S/c1-3-38(2,34)32-18-10-8-16(9-11-18)15-4-6-17(7-5-15)23-19(28)12-20-26(30-23)31-27(29-20)37-22-14-36-24-21(33)13-35-25(22)24/h4-12,21-22,24-25,33H,3,13-14H2,1-2H3,(H,29,30,31)/t21-,22-,24-,25-,38?/m1/s1. The number of fused-ring (bicyclic) bond motifs is 2. The number of pyridine rings is 1. The number of nitrogens with zero attached hydrogens (tertiary/aromatic N) is 3. The minimum Gasteiger partial charge on any atom is -0.456 e. The van der Waals surface area contributed by atoms with Crippen LogP contribution in [0.25, 0.3) is 33.5 Å². The van der Waals surface area contributed by atoms with Gasteiger partial charge in [-0.15, -0.1) is 0 Å². The highest BCUT2D eigenvalue weighted by Gasteiger charge is 2.48. The molecule has 6 rings (SSSR count). The van der Waals surface area contributed by atoms with Crippen molar-refractivity contribution in [3.05, 3.63) is 59.6 Å². The van der Waals surface area contributed by atoms with Gasteiger partial charge in [-0.05, 0) is 29.3 Å². The average molecular weight is 555 g/mol. The van der Waals surface area contributed by atoms with Crippen LogP contribution in [-0.2, 0) is 19.2 Å². The number of aliphatic hydroxyl groups is 1. The van der Waals surface area contributed by atoms with Crippen molar-refractivity contribution in [3.8, 4) is 28.4 Å². The van der Waals surface area contributed by atoms with Gasteiger partial charge in [-0.2, -0.15) is 9.35 Å². The molecule has 0 aliphatic carbocycles. The van der Waals surface area contributed by atoms with E-state index in [1.54, 1.807) is 12.3 Å². The number of H-pyrrole nitrogens is 1. The average Bonchev–Trinajstić information content (AvgIpc) is 3.60. The quantitative estimate of drug-likeness (QED) is 0.357. The molecule has 2 aliphatic heterocycles. The molecule has 5 atom stereocenters. The summed E-state index contributed by atoms with van der Waals surface area (Å²) in [5.41, 5.74) is 5.35. The first kappa shape index (κ1) is 25.3. The van der Waals surface area contributed by atoms with Gasteiger partial charge in [-0.25, -0.2) is 9.19 Å². The summed E-state index contributed by atoms with van der Waals surface area (Å²) < 4.78 is 33.8. The van der Waals surface area contributed by atoms with E-state index in [9.17, 15) is 9.32 Å². The minimum absolute atomic E-state index is 0.233. The summed E-state index contributed by atoms with van der Waals surface area (Å²) >= 11 is 6.59. The van der Waals surface area contributed by atoms with Crippen LogP contribution in [0.3, 0.4) is 0 Å². The summed E-state index contributed by atoms with van der Waals surface area (Å²) in [4.78, 5) is 12.3. The van der Waals surface area contributed by atoms with Crippen molar-refractivity contribution >= 4 is 38.2 Å². The van der Waals surface area contributed by atoms with E-state index in [4.69, 9.17) is 25.8 Å². The Kier molecular flexibility index (Phi) is 6.61. The second-order valence-corrected chi connectivity index (χ2v) is 12.6. The Morgan fingerprint density at radius 2 is 1.71 bits per heavy atom. The molecule has 2 aromatic carbocycles. The fourth-order valence-corrected chi connectivity index (χ4v) is 5.62. The molecule has 0 amide bonds. The third-order valence-corrected chi connectivity index (χ3v) is 8.80. The summed E-state index contributed by atoms with van der Waals surface area (Å²) in [6.45, 7) is 2.42. The van der Waals surface area contributed by atoms with Gasteiger partial charge < -0.3 is 24.3 Å². The number of nitrogens with one attached hydrogen (secondary N) is 1. The Morgan fingerprint density at radius 3 is 2.42 bits per heavy atom. The molecule has 38 heavy (non-hydrogen) atoms. The lowest BCUT2D eigenvalue weighted by Crippen LogP contribution is -2.34. The lowest BCUT2D eigenvalue weighted by atomic mass is 10.0. The third-order valence-electron chi connectivity index (χ3n) is 6.84. The van der Waals surface area contributed by atoms with Crippen LogP contribution in [0.15, 0.2) is 59.0 Å². The third kappa shape index (κ3) is 4.90. The van der Waals surface area contributed by atoms with Gasteiger partial charge in [0.25, 0.3) is 6.01 Å². The van der Waals surface area contributed by atoms with Gasteiger partial charge in [0.2, 0.25) is 0 Å². The van der Waals surface area contributed by atoms with E-state index < -0.39 is 15.8 Å². The number of aliphatic hydroxyl groups excluding tert-OH is 1. The van der Waals surface area contributed by atoms with Crippen LogP contribution in [0.4, 0.5) is 5.69 Å². The van der Waals surface area contributed by atoms with Gasteiger partial charge >= 0.3 is 0 Å². The first-order chi connectivity index (χ1) is 18.3. The number of aromatic amines is 1. The predicted molar refractivity (Wildman–Crippen MR) is 146 cm³/mol. The van der Waals surface area contributed by atoms with Crippen LogP contribution in [0.2, 0.25) is 5.02 Å². The molecule has 11 heteroatoms. The highest BCUT2D eigenvalue weighted by molar-refractivity contribution is 7.93. The van der Waals surface area contributed by atoms with Gasteiger partial charge in [0.15, 0.2) is 11.8 Å². The summed E-state index contributed by atoms with van der Waals surface area (Å²) in [7, 11) is -2.20. The van der Waals surface area contributed by atoms with Crippen LogP contribution < -0.4 is 4.74 Å². The molecule has 1 unspecified atom stereocenters. The zero-order valence-electron chi connectivity index (χ0n) is 20.8. The van der Waals surface area contributed by atoms with E-state index >= 15 is 0 Å². The van der Waals surface area contributed by atoms with Gasteiger partial charge in [0.1, 0.15) is 18.3 Å². The van der Waals surface area contributed by atoms with Crippen molar-refractivity contribution in [1.82, 2.24) is 15.0 Å². The van der Waals surface area contributed by atoms with Crippen LogP contribution >= 0.6 is 11.6 Å². The molecule has 2 aromatic heterocycles. The van der Waals surface area contributed by atoms with Gasteiger partial charge in [-0.3, -0.25) is 0 Å². The maximum Gasteiger partial charge on any atom is 0.296 e. The van der Waals surface area contributed by atoms with Crippen LogP contribution in [0, 0.1) is 0 Å². The molecule has 198 valence electrons. The lowest BCUT2D eigenvalue weighted by Gasteiger charge is -2.15. The topological polar surface area (TPSA) is 119 Å². The Balaban J connectivity index is 1.21. The molecule has 0 saturated carbocycles. The minimum atomic E-state index is -2.20. The highest BCUT2D eigenvalue weighted by Crippen LogP contribution is 2.33. The van der Waals surface area contributed by atoms with Crippen LogP contribution in [0.1, 0.15) is 6.92 Å². The monoisotopic (exact) mass is 554 g/mol. The Bertz CT molecular complexity index is 1600. The highest BCUT2D eigenvalue weighted by atomic mass is 35.5. The van der Waals surface area contributed by atoms with Crippen LogP contribution in [-0.4, -0.2) is 73.9 Å². The summed E-state index contributed by atoms with van der Waals surface area (Å²) in [6, 6.07) is 17.7. The van der Waals surface area contributed by atoms with E-state index in [1.807, 2.05) is 55.5 Å². The Hall–Kier alpha value is -3.02. The van der Waals surface area contributed by atoms with Crippen molar-refractivity contribution in [1.29, 1.82) is 0 Å². The second kappa shape index (κ2) is 9.94. The lowest BCUT2D eigenvalue weighted by molar-refractivity contribution is 0.00706. The number of benzene rings is 2. The van der Waals surface area contributed by atoms with Crippen molar-refractivity contribution in [2.24, 2.45) is 4.36 Å². The molecule has 0 radical (unpaired) electrons. The zero-order chi connectivity index (χ0) is 26.4. The van der Waals surface area contributed by atoms with Crippen molar-refractivity contribution < 1.29 is 23.5 Å². The van der Waals surface area contributed by atoms with Gasteiger partial charge in [-0.1, -0.05) is 54.9 Å². The van der Waals surface area contributed by atoms with E-state index in [0.717, 1.165) is 16.7 Å². The van der Waals surface area contributed by atoms with E-state index in [2.05, 4.69) is 19.3 Å². The number of aromatic nitrogens is 3. The van der Waals surface area contributed by atoms with E-state index in [-0.39, 0.29) is 24.9 Å². The van der Waals surface area contributed by atoms with Gasteiger partial charge in [0.05, 0.1) is 35.1 Å². The maximum absolute atomic E-state index is 12.3. The second-order valence-electron chi connectivity index (χ2n) is 9.52. The summed E-state index contributed by atoms with van der Waals surface area (Å²) in [5.74, 6) is 0.515. The fraction of sp³-hybridized carbons (Fsp3) is 0.333. The van der Waals surface area contributed by atoms with E-state index in [1.165, 1.54) is 0 Å². The van der Waals surface area contributed by atoms with Crippen molar-refractivity contribution in [2.75, 3.05) is 25.2 Å². The predicted octanol–water partition coefficient (Wildman–Crippen LogP) is 4.60. The summed E-state index contributed by atoms with van der Waals surface area (Å²) in [6.07, 6.45) is -0.0618. The van der Waals surface area contributed by atoms with Crippen LogP contribution in [0.5, 0.6) is 6.01 Å². The molecular formula is C27H27ClN4O5S. The smallest absolute Gasteiger partial charge is 0.296 e. The van der Waals surface area contributed by atoms with Crippen molar-refractivity contribution in [3.63, 3.8) is 0 Å². The summed E-state index contributed by atoms with van der Waals surface area (Å²) in [5, 5.41) is 10.4. The molecule has 2 saturated heterocycles. The maximum atomic E-state index is 12.3. The SMILES string of the molecule is CCS(C)(=O)=Nc1ccc(-c2ccc(-c3nc4nc(O[C@@H]5CO[C@H]6[C@@H]5OC[C@H]6O)[nH]c4cc3Cl)cc2)cc1. The molecule has 2 N–H and O–H groups in total. The van der Waals surface area contributed by atoms with E-state index in [0.29, 0.717) is 45.9 Å². The molecule has 0 spiro atoms. The molecular weight excluding hydrogens is 528 g/mol. The molecule has 9 nitrogen and oxygen atoms in total. The molecule has 0 bridgehead atoms. The zero-order valence-corrected chi connectivity index (χ0v) is 22.4. The molecule has 4 heterocycles. The number of imidazole rings is 1. The number of hydrogen-bond acceptors (Lipinski definition) is 8. The normalized spacial score (nSPS) is 24.3. The Labute approximate surface area is 225 Å². The largest absolute Gasteiger partial charge is 0.456 e.